The lowest BCUT2D eigenvalue weighted by molar-refractivity contribution is 0.00689. The number of carbonyl (C=O) groups is 1. The van der Waals surface area contributed by atoms with Gasteiger partial charge in [0.05, 0.1) is 5.56 Å². The predicted octanol–water partition coefficient (Wildman–Crippen LogP) is 3.25. The van der Waals surface area contributed by atoms with E-state index in [0.717, 1.165) is 25.9 Å². The molecule has 0 unspecified atom stereocenters. The number of hydrogen-bond acceptors (Lipinski definition) is 3. The number of carbonyl (C=O) groups excluding carboxylic acids is 1. The van der Waals surface area contributed by atoms with Crippen molar-refractivity contribution in [2.45, 2.75) is 45.1 Å². The second-order valence-corrected chi connectivity index (χ2v) is 6.26. The van der Waals surface area contributed by atoms with Gasteiger partial charge in [-0.15, -0.1) is 0 Å². The Labute approximate surface area is 119 Å². The third kappa shape index (κ3) is 3.79. The Morgan fingerprint density at radius 1 is 1.30 bits per heavy atom. The van der Waals surface area contributed by atoms with Crippen molar-refractivity contribution in [3.63, 3.8) is 0 Å². The number of ether oxygens (including phenoxy) is 1. The molecule has 1 saturated heterocycles. The van der Waals surface area contributed by atoms with Crippen LogP contribution in [0.4, 0.5) is 4.39 Å². The van der Waals surface area contributed by atoms with Crippen LogP contribution in [-0.4, -0.2) is 24.7 Å². The molecule has 0 aliphatic carbocycles. The van der Waals surface area contributed by atoms with Gasteiger partial charge in [-0.1, -0.05) is 6.07 Å². The summed E-state index contributed by atoms with van der Waals surface area (Å²) in [6, 6.07) is 4.69. The minimum absolute atomic E-state index is 0.240. The highest BCUT2D eigenvalue weighted by molar-refractivity contribution is 5.89. The van der Waals surface area contributed by atoms with E-state index in [1.807, 2.05) is 0 Å². The number of rotatable bonds is 2. The first-order chi connectivity index (χ1) is 9.37. The van der Waals surface area contributed by atoms with Gasteiger partial charge in [-0.2, -0.15) is 0 Å². The largest absolute Gasteiger partial charge is 0.456 e. The van der Waals surface area contributed by atoms with Crippen molar-refractivity contribution in [3.05, 3.63) is 35.1 Å². The van der Waals surface area contributed by atoms with Crippen LogP contribution in [0.15, 0.2) is 18.2 Å². The number of benzene rings is 1. The fourth-order valence-corrected chi connectivity index (χ4v) is 2.46. The van der Waals surface area contributed by atoms with Crippen molar-refractivity contribution in [1.29, 1.82) is 0 Å². The maximum atomic E-state index is 14.2. The summed E-state index contributed by atoms with van der Waals surface area (Å²) < 4.78 is 19.4. The van der Waals surface area contributed by atoms with E-state index in [-0.39, 0.29) is 17.3 Å². The van der Waals surface area contributed by atoms with Crippen LogP contribution in [-0.2, 0) is 4.74 Å². The van der Waals surface area contributed by atoms with Gasteiger partial charge in [0, 0.05) is 0 Å². The molecule has 0 amide bonds. The van der Waals surface area contributed by atoms with Crippen molar-refractivity contribution < 1.29 is 13.9 Å². The summed E-state index contributed by atoms with van der Waals surface area (Å²) in [7, 11) is 0. The Bertz CT molecular complexity index is 488. The quantitative estimate of drug-likeness (QED) is 0.845. The molecule has 0 bridgehead atoms. The first-order valence-corrected chi connectivity index (χ1v) is 7.10. The lowest BCUT2D eigenvalue weighted by Crippen LogP contribution is -2.27. The first kappa shape index (κ1) is 15.0. The van der Waals surface area contributed by atoms with Crippen LogP contribution < -0.4 is 5.32 Å². The van der Waals surface area contributed by atoms with E-state index in [1.54, 1.807) is 32.9 Å². The van der Waals surface area contributed by atoms with Gasteiger partial charge >= 0.3 is 5.97 Å². The average molecular weight is 279 g/mol. The van der Waals surface area contributed by atoms with Gasteiger partial charge < -0.3 is 10.1 Å². The molecular weight excluding hydrogens is 257 g/mol. The zero-order chi connectivity index (χ0) is 14.8. The fraction of sp³-hybridized carbons (Fsp3) is 0.562. The lowest BCUT2D eigenvalue weighted by Gasteiger charge is -2.24. The summed E-state index contributed by atoms with van der Waals surface area (Å²) in [4.78, 5) is 11.9. The molecule has 0 atom stereocenters. The van der Waals surface area contributed by atoms with Crippen LogP contribution >= 0.6 is 0 Å². The molecule has 0 saturated carbocycles. The van der Waals surface area contributed by atoms with Gasteiger partial charge in [-0.25, -0.2) is 9.18 Å². The molecule has 110 valence electrons. The highest BCUT2D eigenvalue weighted by atomic mass is 19.1. The molecule has 1 aromatic carbocycles. The summed E-state index contributed by atoms with van der Waals surface area (Å²) in [6.07, 6.45) is 1.87. The van der Waals surface area contributed by atoms with Gasteiger partial charge in [0.15, 0.2) is 0 Å². The van der Waals surface area contributed by atoms with E-state index in [9.17, 15) is 9.18 Å². The van der Waals surface area contributed by atoms with Crippen LogP contribution in [0.1, 0.15) is 55.5 Å². The third-order valence-corrected chi connectivity index (χ3v) is 3.41. The van der Waals surface area contributed by atoms with Gasteiger partial charge in [0.25, 0.3) is 0 Å². The highest BCUT2D eigenvalue weighted by Crippen LogP contribution is 2.28. The number of esters is 1. The summed E-state index contributed by atoms with van der Waals surface area (Å²) in [5, 5.41) is 3.26. The summed E-state index contributed by atoms with van der Waals surface area (Å²) in [6.45, 7) is 7.22. The average Bonchev–Trinajstić information content (AvgIpc) is 2.37. The summed E-state index contributed by atoms with van der Waals surface area (Å²) in [5.74, 6) is -0.544. The van der Waals surface area contributed by atoms with Crippen LogP contribution in [0, 0.1) is 5.82 Å². The van der Waals surface area contributed by atoms with Crippen LogP contribution in [0.25, 0.3) is 0 Å². The van der Waals surface area contributed by atoms with Crippen molar-refractivity contribution in [2.24, 2.45) is 0 Å². The van der Waals surface area contributed by atoms with Gasteiger partial charge in [0.1, 0.15) is 11.4 Å². The minimum atomic E-state index is -0.568. The Balaban J connectivity index is 2.14. The zero-order valence-electron chi connectivity index (χ0n) is 12.3. The van der Waals surface area contributed by atoms with E-state index in [4.69, 9.17) is 4.74 Å². The maximum Gasteiger partial charge on any atom is 0.338 e. The second kappa shape index (κ2) is 5.92. The first-order valence-electron chi connectivity index (χ1n) is 7.10. The molecule has 3 nitrogen and oxygen atoms in total. The third-order valence-electron chi connectivity index (χ3n) is 3.41. The van der Waals surface area contributed by atoms with Crippen LogP contribution in [0.3, 0.4) is 0 Å². The standard InChI is InChI=1S/C16H22FNO2/c1-16(2,3)20-15(19)12-4-5-13(14(17)10-12)11-6-8-18-9-7-11/h4-5,10-11,18H,6-9H2,1-3H3. The van der Waals surface area contributed by atoms with Crippen LogP contribution in [0.5, 0.6) is 0 Å². The summed E-state index contributed by atoms with van der Waals surface area (Å²) in [5.41, 5.74) is 0.412. The van der Waals surface area contributed by atoms with E-state index in [0.29, 0.717) is 5.56 Å². The number of halogens is 1. The Morgan fingerprint density at radius 2 is 1.95 bits per heavy atom. The smallest absolute Gasteiger partial charge is 0.338 e. The monoisotopic (exact) mass is 279 g/mol. The molecule has 0 radical (unpaired) electrons. The molecule has 1 fully saturated rings. The molecule has 0 spiro atoms. The SMILES string of the molecule is CC(C)(C)OC(=O)c1ccc(C2CCNCC2)c(F)c1. The van der Waals surface area contributed by atoms with Crippen molar-refractivity contribution in [1.82, 2.24) is 5.32 Å². The number of nitrogens with one attached hydrogen (secondary N) is 1. The normalized spacial score (nSPS) is 17.0. The van der Waals surface area contributed by atoms with E-state index in [1.165, 1.54) is 6.07 Å². The van der Waals surface area contributed by atoms with E-state index < -0.39 is 11.6 Å². The Hall–Kier alpha value is -1.42. The van der Waals surface area contributed by atoms with E-state index >= 15 is 0 Å². The zero-order valence-corrected chi connectivity index (χ0v) is 12.3. The molecule has 1 N–H and O–H groups in total. The fourth-order valence-electron chi connectivity index (χ4n) is 2.46. The van der Waals surface area contributed by atoms with Crippen LogP contribution in [0.2, 0.25) is 0 Å². The molecule has 2 rings (SSSR count). The van der Waals surface area contributed by atoms with Crippen molar-refractivity contribution >= 4 is 5.97 Å². The minimum Gasteiger partial charge on any atom is -0.456 e. The molecule has 1 heterocycles. The number of piperidine rings is 1. The van der Waals surface area contributed by atoms with Gasteiger partial charge in [-0.05, 0) is 70.3 Å². The van der Waals surface area contributed by atoms with E-state index in [2.05, 4.69) is 5.32 Å². The lowest BCUT2D eigenvalue weighted by atomic mass is 9.89. The molecule has 1 aromatic rings. The molecule has 1 aliphatic rings. The van der Waals surface area contributed by atoms with Crippen molar-refractivity contribution in [2.75, 3.05) is 13.1 Å². The second-order valence-electron chi connectivity index (χ2n) is 6.26. The molecule has 4 heteroatoms. The van der Waals surface area contributed by atoms with Gasteiger partial charge in [0.2, 0.25) is 0 Å². The molecular formula is C16H22FNO2. The summed E-state index contributed by atoms with van der Waals surface area (Å²) >= 11 is 0. The number of hydrogen-bond donors (Lipinski definition) is 1. The molecule has 1 aliphatic heterocycles. The molecule has 20 heavy (non-hydrogen) atoms. The Morgan fingerprint density at radius 3 is 2.50 bits per heavy atom. The predicted molar refractivity (Wildman–Crippen MR) is 76.4 cm³/mol. The Kier molecular flexibility index (Phi) is 4.43. The molecule has 0 aromatic heterocycles. The topological polar surface area (TPSA) is 38.3 Å². The maximum absolute atomic E-state index is 14.2. The highest BCUT2D eigenvalue weighted by Gasteiger charge is 2.22. The van der Waals surface area contributed by atoms with Crippen molar-refractivity contribution in [3.8, 4) is 0 Å². The van der Waals surface area contributed by atoms with Gasteiger partial charge in [-0.3, -0.25) is 0 Å².